The highest BCUT2D eigenvalue weighted by Crippen LogP contribution is 2.07. The van der Waals surface area contributed by atoms with E-state index in [2.05, 4.69) is 5.32 Å². The summed E-state index contributed by atoms with van der Waals surface area (Å²) in [5.74, 6) is -0.0762. The topological polar surface area (TPSA) is 42.7 Å². The zero-order valence-corrected chi connectivity index (χ0v) is 9.14. The molecule has 0 aliphatic carbocycles. The van der Waals surface area contributed by atoms with Crippen molar-refractivity contribution < 1.29 is 9.53 Å². The van der Waals surface area contributed by atoms with Crippen molar-refractivity contribution in [1.82, 2.24) is 9.72 Å². The Morgan fingerprint density at radius 1 is 1.44 bits per heavy atom. The highest BCUT2D eigenvalue weighted by Gasteiger charge is 2.04. The molecule has 0 unspecified atom stereocenters. The molecule has 0 bridgehead atoms. The van der Waals surface area contributed by atoms with E-state index in [9.17, 15) is 4.79 Å². The average molecular weight is 218 g/mol. The van der Waals surface area contributed by atoms with Crippen molar-refractivity contribution >= 4 is 11.4 Å². The van der Waals surface area contributed by atoms with Crippen LogP contribution in [-0.2, 0) is 4.74 Å². The minimum absolute atomic E-state index is 0.0762. The van der Waals surface area contributed by atoms with Crippen molar-refractivity contribution in [3.8, 4) is 0 Å². The number of aromatic nitrogens is 1. The fraction of sp³-hybridized carbons (Fsp3) is 0.250. The van der Waals surface area contributed by atoms with Crippen molar-refractivity contribution in [2.24, 2.45) is 0 Å². The lowest BCUT2D eigenvalue weighted by molar-refractivity contribution is 0.0936. The van der Waals surface area contributed by atoms with Gasteiger partial charge in [0.2, 0.25) is 0 Å². The second kappa shape index (κ2) is 4.81. The van der Waals surface area contributed by atoms with Gasteiger partial charge in [-0.05, 0) is 24.3 Å². The van der Waals surface area contributed by atoms with Crippen LogP contribution < -0.4 is 5.32 Å². The summed E-state index contributed by atoms with van der Waals surface area (Å²) in [6.45, 7) is 1.05. The van der Waals surface area contributed by atoms with Crippen molar-refractivity contribution in [2.75, 3.05) is 20.3 Å². The standard InChI is InChI=1S/C12H14N2O2/c1-16-8-6-13-12(15)10-4-5-11-3-2-7-14(11)9-10/h2-5,7,9H,6,8H2,1H3,(H,13,15). The number of carbonyl (C=O) groups is 1. The lowest BCUT2D eigenvalue weighted by atomic mass is 10.2. The Morgan fingerprint density at radius 3 is 3.12 bits per heavy atom. The molecular formula is C12H14N2O2. The van der Waals surface area contributed by atoms with Crippen LogP contribution >= 0.6 is 0 Å². The molecule has 0 spiro atoms. The van der Waals surface area contributed by atoms with Crippen LogP contribution in [0.2, 0.25) is 0 Å². The number of hydrogen-bond donors (Lipinski definition) is 1. The van der Waals surface area contributed by atoms with Crippen LogP contribution in [0, 0.1) is 0 Å². The summed E-state index contributed by atoms with van der Waals surface area (Å²) >= 11 is 0. The Hall–Kier alpha value is -1.81. The minimum atomic E-state index is -0.0762. The number of nitrogens with one attached hydrogen (secondary N) is 1. The first-order valence-corrected chi connectivity index (χ1v) is 5.15. The van der Waals surface area contributed by atoms with Gasteiger partial charge in [0.1, 0.15) is 0 Å². The molecule has 2 heterocycles. The van der Waals surface area contributed by atoms with Crippen molar-refractivity contribution in [1.29, 1.82) is 0 Å². The Bertz CT molecular complexity index is 490. The number of hydrogen-bond acceptors (Lipinski definition) is 2. The second-order valence-corrected chi connectivity index (χ2v) is 3.51. The summed E-state index contributed by atoms with van der Waals surface area (Å²) in [4.78, 5) is 11.7. The van der Waals surface area contributed by atoms with E-state index in [-0.39, 0.29) is 5.91 Å². The number of pyridine rings is 1. The first-order valence-electron chi connectivity index (χ1n) is 5.15. The Morgan fingerprint density at radius 2 is 2.31 bits per heavy atom. The molecule has 0 saturated carbocycles. The molecule has 2 rings (SSSR count). The van der Waals surface area contributed by atoms with Gasteiger partial charge in [-0.15, -0.1) is 0 Å². The maximum atomic E-state index is 11.7. The predicted molar refractivity (Wildman–Crippen MR) is 61.6 cm³/mol. The largest absolute Gasteiger partial charge is 0.383 e. The van der Waals surface area contributed by atoms with Crippen molar-refractivity contribution in [3.63, 3.8) is 0 Å². The van der Waals surface area contributed by atoms with Crippen LogP contribution in [0.15, 0.2) is 36.7 Å². The lowest BCUT2D eigenvalue weighted by Gasteiger charge is -2.05. The van der Waals surface area contributed by atoms with Gasteiger partial charge in [-0.3, -0.25) is 4.79 Å². The molecule has 0 saturated heterocycles. The van der Waals surface area contributed by atoms with Gasteiger partial charge >= 0.3 is 0 Å². The van der Waals surface area contributed by atoms with Gasteiger partial charge in [0, 0.05) is 31.6 Å². The minimum Gasteiger partial charge on any atom is -0.383 e. The lowest BCUT2D eigenvalue weighted by Crippen LogP contribution is -2.27. The van der Waals surface area contributed by atoms with Crippen molar-refractivity contribution in [2.45, 2.75) is 0 Å². The van der Waals surface area contributed by atoms with Gasteiger partial charge in [-0.2, -0.15) is 0 Å². The highest BCUT2D eigenvalue weighted by atomic mass is 16.5. The molecule has 2 aromatic rings. The van der Waals surface area contributed by atoms with E-state index in [1.165, 1.54) is 0 Å². The molecule has 0 fully saturated rings. The monoisotopic (exact) mass is 218 g/mol. The molecular weight excluding hydrogens is 204 g/mol. The summed E-state index contributed by atoms with van der Waals surface area (Å²) in [6.07, 6.45) is 3.73. The predicted octanol–water partition coefficient (Wildman–Crippen LogP) is 1.32. The van der Waals surface area contributed by atoms with Gasteiger partial charge in [0.15, 0.2) is 0 Å². The van der Waals surface area contributed by atoms with E-state index in [1.54, 1.807) is 7.11 Å². The van der Waals surface area contributed by atoms with Crippen LogP contribution in [0.5, 0.6) is 0 Å². The summed E-state index contributed by atoms with van der Waals surface area (Å²) in [6, 6.07) is 7.68. The molecule has 0 radical (unpaired) electrons. The number of carbonyl (C=O) groups excluding carboxylic acids is 1. The Kier molecular flexibility index (Phi) is 3.22. The third kappa shape index (κ3) is 2.23. The third-order valence-electron chi connectivity index (χ3n) is 2.38. The summed E-state index contributed by atoms with van der Waals surface area (Å²) in [5.41, 5.74) is 1.73. The SMILES string of the molecule is COCCNC(=O)c1ccc2cccn2c1. The molecule has 4 heteroatoms. The van der Waals surface area contributed by atoms with E-state index >= 15 is 0 Å². The van der Waals surface area contributed by atoms with Gasteiger partial charge in [-0.1, -0.05) is 0 Å². The first-order chi connectivity index (χ1) is 7.81. The number of fused-ring (bicyclic) bond motifs is 1. The summed E-state index contributed by atoms with van der Waals surface area (Å²) in [7, 11) is 1.61. The first kappa shape index (κ1) is 10.7. The smallest absolute Gasteiger partial charge is 0.252 e. The second-order valence-electron chi connectivity index (χ2n) is 3.51. The molecule has 16 heavy (non-hydrogen) atoms. The van der Waals surface area contributed by atoms with Crippen LogP contribution in [0.1, 0.15) is 10.4 Å². The summed E-state index contributed by atoms with van der Waals surface area (Å²) < 4.78 is 6.79. The zero-order valence-electron chi connectivity index (χ0n) is 9.14. The van der Waals surface area contributed by atoms with E-state index in [0.29, 0.717) is 18.7 Å². The fourth-order valence-electron chi connectivity index (χ4n) is 1.54. The maximum Gasteiger partial charge on any atom is 0.252 e. The Labute approximate surface area is 93.8 Å². The van der Waals surface area contributed by atoms with E-state index in [4.69, 9.17) is 4.74 Å². The number of rotatable bonds is 4. The zero-order chi connectivity index (χ0) is 11.4. The van der Waals surface area contributed by atoms with Crippen molar-refractivity contribution in [3.05, 3.63) is 42.2 Å². The highest BCUT2D eigenvalue weighted by molar-refractivity contribution is 5.94. The molecule has 84 valence electrons. The van der Waals surface area contributed by atoms with Gasteiger partial charge in [0.05, 0.1) is 12.2 Å². The maximum absolute atomic E-state index is 11.7. The molecule has 1 N–H and O–H groups in total. The van der Waals surface area contributed by atoms with E-state index in [0.717, 1.165) is 5.52 Å². The number of methoxy groups -OCH3 is 1. The van der Waals surface area contributed by atoms with Gasteiger partial charge in [0.25, 0.3) is 5.91 Å². The van der Waals surface area contributed by atoms with Crippen LogP contribution in [0.4, 0.5) is 0 Å². The Balaban J connectivity index is 2.10. The van der Waals surface area contributed by atoms with Crippen LogP contribution in [-0.4, -0.2) is 30.6 Å². The number of nitrogens with zero attached hydrogens (tertiary/aromatic N) is 1. The van der Waals surface area contributed by atoms with Gasteiger partial charge in [-0.25, -0.2) is 0 Å². The number of ether oxygens (including phenoxy) is 1. The molecule has 0 atom stereocenters. The van der Waals surface area contributed by atoms with Crippen LogP contribution in [0.3, 0.4) is 0 Å². The quantitative estimate of drug-likeness (QED) is 0.786. The van der Waals surface area contributed by atoms with Crippen LogP contribution in [0.25, 0.3) is 5.52 Å². The number of amides is 1. The average Bonchev–Trinajstić information content (AvgIpc) is 2.76. The van der Waals surface area contributed by atoms with Gasteiger partial charge < -0.3 is 14.5 Å². The molecule has 1 amide bonds. The third-order valence-corrected chi connectivity index (χ3v) is 2.38. The molecule has 0 aliphatic rings. The molecule has 4 nitrogen and oxygen atoms in total. The molecule has 0 aliphatic heterocycles. The molecule has 0 aromatic carbocycles. The van der Waals surface area contributed by atoms with E-state index in [1.807, 2.05) is 41.1 Å². The normalized spacial score (nSPS) is 10.6. The summed E-state index contributed by atoms with van der Waals surface area (Å²) in [5, 5.41) is 2.78. The van der Waals surface area contributed by atoms with E-state index < -0.39 is 0 Å². The fourth-order valence-corrected chi connectivity index (χ4v) is 1.54. The molecule has 2 aromatic heterocycles.